The number of aromatic nitrogens is 1. The molecule has 0 spiro atoms. The number of phenols is 1. The number of phenolic OH excluding ortho intramolecular Hbond substituents is 1. The number of aromatic hydroxyl groups is 1. The van der Waals surface area contributed by atoms with Gasteiger partial charge >= 0.3 is 6.18 Å². The summed E-state index contributed by atoms with van der Waals surface area (Å²) in [6, 6.07) is 15.6. The number of halogens is 5. The van der Waals surface area contributed by atoms with Gasteiger partial charge in [-0.25, -0.2) is 8.78 Å². The molecule has 0 bridgehead atoms. The van der Waals surface area contributed by atoms with Crippen LogP contribution in [0, 0.1) is 11.6 Å². The molecule has 4 rings (SSSR count). The molecule has 0 saturated carbocycles. The molecule has 0 aliphatic carbocycles. The number of fused-ring (bicyclic) bond motifs is 1. The zero-order valence-electron chi connectivity index (χ0n) is 19.6. The lowest BCUT2D eigenvalue weighted by Gasteiger charge is -2.38. The fraction of sp³-hybridized carbons (Fsp3) is 0.259. The standard InChI is InChI=1S/C27H25F5N2O2/c1-25(2,21-14-18(29)8-11-24(21)35)15-26(36,27(30,31)32)16-33-22-4-3-5-23-20(22)12-13-34(23)19-9-6-17(28)7-10-19/h3-14,33,35-36H,15-16H2,1-2H3. The van der Waals surface area contributed by atoms with Crippen molar-refractivity contribution in [1.29, 1.82) is 0 Å². The van der Waals surface area contributed by atoms with Crippen molar-refractivity contribution in [1.82, 2.24) is 4.57 Å². The van der Waals surface area contributed by atoms with Crippen LogP contribution in [-0.2, 0) is 5.41 Å². The highest BCUT2D eigenvalue weighted by Gasteiger charge is 2.56. The second kappa shape index (κ2) is 9.13. The van der Waals surface area contributed by atoms with Crippen LogP contribution in [0.15, 0.2) is 72.9 Å². The molecule has 3 N–H and O–H groups in total. The minimum atomic E-state index is -5.02. The molecule has 0 aliphatic rings. The quantitative estimate of drug-likeness (QED) is 0.246. The van der Waals surface area contributed by atoms with Crippen molar-refractivity contribution < 1.29 is 32.2 Å². The lowest BCUT2D eigenvalue weighted by atomic mass is 9.74. The van der Waals surface area contributed by atoms with Gasteiger partial charge in [0.1, 0.15) is 17.4 Å². The highest BCUT2D eigenvalue weighted by molar-refractivity contribution is 5.93. The zero-order chi connectivity index (χ0) is 26.3. The van der Waals surface area contributed by atoms with Crippen molar-refractivity contribution >= 4 is 16.6 Å². The molecule has 1 aromatic heterocycles. The first-order valence-electron chi connectivity index (χ1n) is 11.2. The third-order valence-electron chi connectivity index (χ3n) is 6.36. The first kappa shape index (κ1) is 25.5. The van der Waals surface area contributed by atoms with Gasteiger partial charge in [0.15, 0.2) is 5.60 Å². The van der Waals surface area contributed by atoms with Crippen molar-refractivity contribution in [2.24, 2.45) is 0 Å². The summed E-state index contributed by atoms with van der Waals surface area (Å²) < 4.78 is 71.3. The maximum Gasteiger partial charge on any atom is 0.418 e. The zero-order valence-corrected chi connectivity index (χ0v) is 19.6. The minimum Gasteiger partial charge on any atom is -0.508 e. The Labute approximate surface area is 204 Å². The number of aliphatic hydroxyl groups is 1. The summed E-state index contributed by atoms with van der Waals surface area (Å²) in [6.07, 6.45) is -4.14. The third kappa shape index (κ3) is 4.88. The van der Waals surface area contributed by atoms with Gasteiger partial charge in [-0.3, -0.25) is 0 Å². The van der Waals surface area contributed by atoms with Crippen LogP contribution in [0.5, 0.6) is 5.75 Å². The van der Waals surface area contributed by atoms with E-state index in [4.69, 9.17) is 0 Å². The van der Waals surface area contributed by atoms with Gasteiger partial charge in [0, 0.05) is 28.5 Å². The van der Waals surface area contributed by atoms with E-state index >= 15 is 0 Å². The van der Waals surface area contributed by atoms with Crippen LogP contribution in [0.4, 0.5) is 27.6 Å². The van der Waals surface area contributed by atoms with Gasteiger partial charge in [0.2, 0.25) is 0 Å². The van der Waals surface area contributed by atoms with Crippen molar-refractivity contribution in [3.05, 3.63) is 90.1 Å². The molecule has 9 heteroatoms. The lowest BCUT2D eigenvalue weighted by molar-refractivity contribution is -0.260. The van der Waals surface area contributed by atoms with Gasteiger partial charge in [0.25, 0.3) is 0 Å². The summed E-state index contributed by atoms with van der Waals surface area (Å²) in [4.78, 5) is 0. The number of hydrogen-bond acceptors (Lipinski definition) is 3. The number of nitrogens with one attached hydrogen (secondary N) is 1. The van der Waals surface area contributed by atoms with Gasteiger partial charge in [-0.15, -0.1) is 0 Å². The summed E-state index contributed by atoms with van der Waals surface area (Å²) in [5.74, 6) is -1.45. The van der Waals surface area contributed by atoms with E-state index in [-0.39, 0.29) is 11.3 Å². The molecule has 0 saturated heterocycles. The summed E-state index contributed by atoms with van der Waals surface area (Å²) in [6.45, 7) is 1.93. The molecule has 1 heterocycles. The summed E-state index contributed by atoms with van der Waals surface area (Å²) in [5.41, 5.74) is -2.95. The maximum atomic E-state index is 14.1. The molecule has 4 aromatic rings. The summed E-state index contributed by atoms with van der Waals surface area (Å²) in [5, 5.41) is 24.3. The number of benzene rings is 3. The van der Waals surface area contributed by atoms with E-state index in [1.54, 1.807) is 47.2 Å². The third-order valence-corrected chi connectivity index (χ3v) is 6.36. The van der Waals surface area contributed by atoms with Gasteiger partial charge in [-0.05, 0) is 72.5 Å². The molecule has 4 nitrogen and oxygen atoms in total. The van der Waals surface area contributed by atoms with E-state index in [1.165, 1.54) is 26.0 Å². The Balaban J connectivity index is 1.64. The van der Waals surface area contributed by atoms with Crippen LogP contribution in [0.25, 0.3) is 16.6 Å². The Kier molecular flexibility index (Phi) is 6.47. The van der Waals surface area contributed by atoms with E-state index in [9.17, 15) is 32.2 Å². The van der Waals surface area contributed by atoms with Gasteiger partial charge < -0.3 is 20.1 Å². The molecule has 190 valence electrons. The Bertz CT molecular complexity index is 1380. The lowest BCUT2D eigenvalue weighted by Crippen LogP contribution is -2.53. The Hall–Kier alpha value is -3.59. The van der Waals surface area contributed by atoms with E-state index in [1.807, 2.05) is 0 Å². The fourth-order valence-electron chi connectivity index (χ4n) is 4.53. The number of alkyl halides is 3. The number of rotatable bonds is 7. The van der Waals surface area contributed by atoms with Crippen LogP contribution in [0.2, 0.25) is 0 Å². The Morgan fingerprint density at radius 2 is 1.56 bits per heavy atom. The van der Waals surface area contributed by atoms with E-state index in [0.29, 0.717) is 22.3 Å². The second-order valence-electron chi connectivity index (χ2n) is 9.51. The molecular weight excluding hydrogens is 479 g/mol. The number of anilines is 1. The second-order valence-corrected chi connectivity index (χ2v) is 9.51. The highest BCUT2D eigenvalue weighted by atomic mass is 19.4. The predicted molar refractivity (Wildman–Crippen MR) is 128 cm³/mol. The van der Waals surface area contributed by atoms with Crippen LogP contribution in [0.3, 0.4) is 0 Å². The van der Waals surface area contributed by atoms with Crippen molar-refractivity contribution in [2.45, 2.75) is 37.5 Å². The average Bonchev–Trinajstić information content (AvgIpc) is 3.23. The van der Waals surface area contributed by atoms with Crippen molar-refractivity contribution in [2.75, 3.05) is 11.9 Å². The molecule has 36 heavy (non-hydrogen) atoms. The Morgan fingerprint density at radius 3 is 2.22 bits per heavy atom. The molecule has 1 unspecified atom stereocenters. The SMILES string of the molecule is CC(C)(CC(O)(CNc1cccc2c1ccn2-c1ccc(F)cc1)C(F)(F)F)c1cc(F)ccc1O. The van der Waals surface area contributed by atoms with Crippen LogP contribution in [0.1, 0.15) is 25.8 Å². The number of hydrogen-bond donors (Lipinski definition) is 3. The summed E-state index contributed by atoms with van der Waals surface area (Å²) in [7, 11) is 0. The fourth-order valence-corrected chi connectivity index (χ4v) is 4.53. The molecule has 3 aromatic carbocycles. The molecule has 0 aliphatic heterocycles. The predicted octanol–water partition coefficient (Wildman–Crippen LogP) is 6.69. The monoisotopic (exact) mass is 504 g/mol. The number of nitrogens with zero attached hydrogens (tertiary/aromatic N) is 1. The van der Waals surface area contributed by atoms with Gasteiger partial charge in [-0.2, -0.15) is 13.2 Å². The van der Waals surface area contributed by atoms with Gasteiger partial charge in [-0.1, -0.05) is 19.9 Å². The van der Waals surface area contributed by atoms with Crippen LogP contribution in [-0.4, -0.2) is 33.1 Å². The van der Waals surface area contributed by atoms with Crippen molar-refractivity contribution in [3.8, 4) is 11.4 Å². The molecular formula is C27H25F5N2O2. The maximum absolute atomic E-state index is 14.1. The normalized spacial score (nSPS) is 14.1. The highest BCUT2D eigenvalue weighted by Crippen LogP contribution is 2.43. The van der Waals surface area contributed by atoms with Crippen LogP contribution < -0.4 is 5.32 Å². The average molecular weight is 504 g/mol. The van der Waals surface area contributed by atoms with E-state index < -0.39 is 41.8 Å². The van der Waals surface area contributed by atoms with E-state index in [0.717, 1.165) is 18.2 Å². The molecule has 0 amide bonds. The molecule has 0 fully saturated rings. The molecule has 0 radical (unpaired) electrons. The van der Waals surface area contributed by atoms with E-state index in [2.05, 4.69) is 5.32 Å². The van der Waals surface area contributed by atoms with Crippen molar-refractivity contribution in [3.63, 3.8) is 0 Å². The minimum absolute atomic E-state index is 0.0383. The Morgan fingerprint density at radius 1 is 0.889 bits per heavy atom. The smallest absolute Gasteiger partial charge is 0.418 e. The van der Waals surface area contributed by atoms with Crippen LogP contribution >= 0.6 is 0 Å². The largest absolute Gasteiger partial charge is 0.508 e. The topological polar surface area (TPSA) is 57.4 Å². The first-order valence-corrected chi connectivity index (χ1v) is 11.2. The summed E-state index contributed by atoms with van der Waals surface area (Å²) >= 11 is 0. The van der Waals surface area contributed by atoms with Gasteiger partial charge in [0.05, 0.1) is 12.1 Å². The first-order chi connectivity index (χ1) is 16.8. The molecule has 1 atom stereocenters.